The Morgan fingerprint density at radius 1 is 0.939 bits per heavy atom. The Labute approximate surface area is 196 Å². The van der Waals surface area contributed by atoms with Crippen LogP contribution in [0.5, 0.6) is 0 Å². The van der Waals surface area contributed by atoms with Gasteiger partial charge in [0.2, 0.25) is 5.91 Å². The van der Waals surface area contributed by atoms with E-state index in [0.717, 1.165) is 35.5 Å². The number of para-hydroxylation sites is 1. The quantitative estimate of drug-likeness (QED) is 0.334. The number of rotatable bonds is 8. The smallest absolute Gasteiger partial charge is 0.233 e. The number of thioether (sulfide) groups is 1. The molecule has 5 rings (SSSR count). The van der Waals surface area contributed by atoms with Crippen molar-refractivity contribution in [2.75, 3.05) is 5.75 Å². The van der Waals surface area contributed by atoms with Crippen LogP contribution in [0.15, 0.2) is 90.1 Å². The third-order valence-electron chi connectivity index (χ3n) is 5.58. The van der Waals surface area contributed by atoms with Gasteiger partial charge in [-0.2, -0.15) is 0 Å². The molecule has 7 heteroatoms. The summed E-state index contributed by atoms with van der Waals surface area (Å²) in [7, 11) is 0. The third-order valence-corrected chi connectivity index (χ3v) is 6.49. The van der Waals surface area contributed by atoms with Gasteiger partial charge < -0.3 is 4.90 Å². The van der Waals surface area contributed by atoms with Gasteiger partial charge in [-0.05, 0) is 42.7 Å². The van der Waals surface area contributed by atoms with Crippen LogP contribution in [0.2, 0.25) is 0 Å². The summed E-state index contributed by atoms with van der Waals surface area (Å²) >= 11 is 1.39. The minimum Gasteiger partial charge on any atom is -0.335 e. The van der Waals surface area contributed by atoms with E-state index < -0.39 is 0 Å². The molecule has 1 aromatic heterocycles. The first-order valence-electron chi connectivity index (χ1n) is 10.9. The first-order valence-corrected chi connectivity index (χ1v) is 11.9. The average molecular weight is 459 g/mol. The average Bonchev–Trinajstić information content (AvgIpc) is 3.61. The number of amides is 1. The van der Waals surface area contributed by atoms with Gasteiger partial charge in [-0.1, -0.05) is 72.4 Å². The van der Waals surface area contributed by atoms with Crippen LogP contribution in [-0.4, -0.2) is 37.4 Å². The summed E-state index contributed by atoms with van der Waals surface area (Å²) in [6.45, 7) is 0.491. The minimum absolute atomic E-state index is 0.0516. The van der Waals surface area contributed by atoms with Crippen LogP contribution in [0.3, 0.4) is 0 Å². The van der Waals surface area contributed by atoms with Crippen LogP contribution in [0, 0.1) is 5.82 Å². The van der Waals surface area contributed by atoms with Crippen LogP contribution < -0.4 is 0 Å². The van der Waals surface area contributed by atoms with Gasteiger partial charge in [0.15, 0.2) is 11.0 Å². The molecule has 0 unspecified atom stereocenters. The first kappa shape index (κ1) is 21.4. The van der Waals surface area contributed by atoms with Crippen molar-refractivity contribution >= 4 is 17.7 Å². The van der Waals surface area contributed by atoms with E-state index in [4.69, 9.17) is 0 Å². The Balaban J connectivity index is 1.37. The Morgan fingerprint density at radius 2 is 1.61 bits per heavy atom. The molecule has 1 heterocycles. The summed E-state index contributed by atoms with van der Waals surface area (Å²) < 4.78 is 15.3. The molecule has 1 aliphatic rings. The highest BCUT2D eigenvalue weighted by atomic mass is 32.2. The van der Waals surface area contributed by atoms with E-state index in [1.807, 2.05) is 70.1 Å². The van der Waals surface area contributed by atoms with E-state index in [1.54, 1.807) is 12.1 Å². The zero-order chi connectivity index (χ0) is 22.6. The molecule has 0 spiro atoms. The molecule has 3 aromatic carbocycles. The number of carbonyl (C=O) groups is 1. The van der Waals surface area contributed by atoms with Gasteiger partial charge in [0.1, 0.15) is 5.82 Å². The van der Waals surface area contributed by atoms with Crippen LogP contribution in [-0.2, 0) is 11.3 Å². The van der Waals surface area contributed by atoms with E-state index in [1.165, 1.54) is 23.9 Å². The molecule has 0 aliphatic heterocycles. The van der Waals surface area contributed by atoms with Gasteiger partial charge in [0, 0.05) is 23.8 Å². The fourth-order valence-electron chi connectivity index (χ4n) is 3.75. The van der Waals surface area contributed by atoms with E-state index in [9.17, 15) is 9.18 Å². The van der Waals surface area contributed by atoms with Crippen LogP contribution in [0.4, 0.5) is 4.39 Å². The van der Waals surface area contributed by atoms with Crippen molar-refractivity contribution in [2.45, 2.75) is 30.6 Å². The second-order valence-electron chi connectivity index (χ2n) is 8.01. The second-order valence-corrected chi connectivity index (χ2v) is 8.95. The highest BCUT2D eigenvalue weighted by Gasteiger charge is 2.32. The molecule has 4 aromatic rings. The lowest BCUT2D eigenvalue weighted by Crippen LogP contribution is -2.34. The van der Waals surface area contributed by atoms with Gasteiger partial charge in [-0.3, -0.25) is 9.36 Å². The molecule has 1 amide bonds. The highest BCUT2D eigenvalue weighted by molar-refractivity contribution is 7.99. The number of hydrogen-bond acceptors (Lipinski definition) is 4. The normalized spacial score (nSPS) is 13.1. The number of nitrogens with zero attached hydrogens (tertiary/aromatic N) is 4. The first-order chi connectivity index (χ1) is 16.2. The van der Waals surface area contributed by atoms with E-state index in [2.05, 4.69) is 10.2 Å². The molecule has 0 bridgehead atoms. The number of carbonyl (C=O) groups excluding carboxylic acids is 1. The number of benzene rings is 3. The zero-order valence-electron chi connectivity index (χ0n) is 18.0. The van der Waals surface area contributed by atoms with Crippen LogP contribution in [0.1, 0.15) is 18.4 Å². The second kappa shape index (κ2) is 9.58. The van der Waals surface area contributed by atoms with Crippen molar-refractivity contribution in [2.24, 2.45) is 0 Å². The summed E-state index contributed by atoms with van der Waals surface area (Å²) in [5.41, 5.74) is 2.84. The Bertz CT molecular complexity index is 1220. The Morgan fingerprint density at radius 3 is 2.27 bits per heavy atom. The van der Waals surface area contributed by atoms with Crippen molar-refractivity contribution < 1.29 is 9.18 Å². The van der Waals surface area contributed by atoms with Crippen molar-refractivity contribution in [1.82, 2.24) is 19.7 Å². The minimum atomic E-state index is -0.270. The fourth-order valence-corrected chi connectivity index (χ4v) is 4.59. The van der Waals surface area contributed by atoms with Crippen LogP contribution >= 0.6 is 11.8 Å². The van der Waals surface area contributed by atoms with Crippen molar-refractivity contribution in [3.63, 3.8) is 0 Å². The van der Waals surface area contributed by atoms with Gasteiger partial charge in [0.25, 0.3) is 0 Å². The van der Waals surface area contributed by atoms with Gasteiger partial charge in [0.05, 0.1) is 5.75 Å². The van der Waals surface area contributed by atoms with Gasteiger partial charge in [-0.25, -0.2) is 4.39 Å². The van der Waals surface area contributed by atoms with E-state index in [0.29, 0.717) is 11.7 Å². The van der Waals surface area contributed by atoms with E-state index in [-0.39, 0.29) is 23.5 Å². The zero-order valence-corrected chi connectivity index (χ0v) is 18.8. The maximum atomic E-state index is 13.3. The predicted molar refractivity (Wildman–Crippen MR) is 127 cm³/mol. The molecule has 5 nitrogen and oxygen atoms in total. The Hall–Kier alpha value is -3.45. The number of aromatic nitrogens is 3. The van der Waals surface area contributed by atoms with Gasteiger partial charge >= 0.3 is 0 Å². The standard InChI is InChI=1S/C26H23FN4OS/c27-21-13-11-19(12-14-21)17-30(22-15-16-22)24(32)18-33-26-29-28-25(20-7-3-1-4-8-20)31(26)23-9-5-2-6-10-23/h1-14,22H,15-18H2. The molecule has 166 valence electrons. The van der Waals surface area contributed by atoms with Crippen molar-refractivity contribution in [3.8, 4) is 17.1 Å². The lowest BCUT2D eigenvalue weighted by Gasteiger charge is -2.22. The monoisotopic (exact) mass is 458 g/mol. The molecule has 1 saturated carbocycles. The molecule has 33 heavy (non-hydrogen) atoms. The molecule has 0 saturated heterocycles. The molecular formula is C26H23FN4OS. The highest BCUT2D eigenvalue weighted by Crippen LogP contribution is 2.31. The molecule has 1 fully saturated rings. The largest absolute Gasteiger partial charge is 0.335 e. The molecule has 1 aliphatic carbocycles. The fraction of sp³-hybridized carbons (Fsp3) is 0.192. The number of halogens is 1. The van der Waals surface area contributed by atoms with Crippen molar-refractivity contribution in [3.05, 3.63) is 96.3 Å². The molecule has 0 atom stereocenters. The topological polar surface area (TPSA) is 51.0 Å². The van der Waals surface area contributed by atoms with Crippen LogP contribution in [0.25, 0.3) is 17.1 Å². The maximum absolute atomic E-state index is 13.3. The molecule has 0 N–H and O–H groups in total. The summed E-state index contributed by atoms with van der Waals surface area (Å²) in [5, 5.41) is 9.53. The lowest BCUT2D eigenvalue weighted by atomic mass is 10.2. The van der Waals surface area contributed by atoms with E-state index >= 15 is 0 Å². The summed E-state index contributed by atoms with van der Waals surface area (Å²) in [6, 6.07) is 26.5. The number of hydrogen-bond donors (Lipinski definition) is 0. The Kier molecular flexibility index (Phi) is 6.21. The van der Waals surface area contributed by atoms with Crippen molar-refractivity contribution in [1.29, 1.82) is 0 Å². The van der Waals surface area contributed by atoms with Gasteiger partial charge in [-0.15, -0.1) is 10.2 Å². The lowest BCUT2D eigenvalue weighted by molar-refractivity contribution is -0.129. The third kappa shape index (κ3) is 4.98. The maximum Gasteiger partial charge on any atom is 0.233 e. The predicted octanol–water partition coefficient (Wildman–Crippen LogP) is 5.36. The summed E-state index contributed by atoms with van der Waals surface area (Å²) in [5.74, 6) is 0.781. The summed E-state index contributed by atoms with van der Waals surface area (Å²) in [4.78, 5) is 15.1. The molecular weight excluding hydrogens is 435 g/mol. The molecule has 0 radical (unpaired) electrons. The SMILES string of the molecule is O=C(CSc1nnc(-c2ccccc2)n1-c1ccccc1)N(Cc1ccc(F)cc1)C1CC1. The summed E-state index contributed by atoms with van der Waals surface area (Å²) in [6.07, 6.45) is 2.02.